The molecule has 36 valence electrons. The van der Waals surface area contributed by atoms with E-state index in [1.807, 2.05) is 6.92 Å². The zero-order chi connectivity index (χ0) is 4.41. The molecule has 0 radical (unpaired) electrons. The van der Waals surface area contributed by atoms with Crippen LogP contribution in [0, 0.1) is 0 Å². The summed E-state index contributed by atoms with van der Waals surface area (Å²) in [7, 11) is 0.567. The summed E-state index contributed by atoms with van der Waals surface area (Å²) in [5.74, 6) is 0. The molecular weight excluding hydrogens is 99.0 g/mol. The van der Waals surface area contributed by atoms with Crippen LogP contribution in [-0.4, -0.2) is 12.6 Å². The molecule has 3 heteroatoms. The van der Waals surface area contributed by atoms with Gasteiger partial charge in [0.2, 0.25) is 0 Å². The summed E-state index contributed by atoms with van der Waals surface area (Å²) in [6.45, 7) is 1.90. The van der Waals surface area contributed by atoms with E-state index in [0.29, 0.717) is 8.81 Å². The Morgan fingerprint density at radius 3 is 2.83 bits per heavy atom. The van der Waals surface area contributed by atoms with Crippen molar-refractivity contribution in [3.63, 3.8) is 0 Å². The van der Waals surface area contributed by atoms with Gasteiger partial charge in [-0.1, -0.05) is 0 Å². The lowest BCUT2D eigenvalue weighted by atomic mass is 10.8. The van der Waals surface area contributed by atoms with Crippen molar-refractivity contribution >= 4 is 8.81 Å². The van der Waals surface area contributed by atoms with E-state index in [-0.39, 0.29) is 6.29 Å². The first-order valence-electron chi connectivity index (χ1n) is 1.90. The second-order valence-electron chi connectivity index (χ2n) is 1.14. The van der Waals surface area contributed by atoms with Crippen molar-refractivity contribution in [1.29, 1.82) is 0 Å². The van der Waals surface area contributed by atoms with Gasteiger partial charge in [-0.15, -0.1) is 0 Å². The van der Waals surface area contributed by atoms with E-state index in [9.17, 15) is 0 Å². The van der Waals surface area contributed by atoms with E-state index in [1.54, 1.807) is 0 Å². The summed E-state index contributed by atoms with van der Waals surface area (Å²) >= 11 is 0. The molecule has 0 aliphatic carbocycles. The molecule has 1 aliphatic rings. The SMILES string of the molecule is CC1OCPO1. The largest absolute Gasteiger partial charge is 0.346 e. The van der Waals surface area contributed by atoms with Gasteiger partial charge in [0.05, 0.1) is 6.35 Å². The molecule has 0 aromatic heterocycles. The average Bonchev–Trinajstić information content (AvgIpc) is 1.86. The fourth-order valence-corrected chi connectivity index (χ4v) is 1.01. The molecule has 0 spiro atoms. The summed E-state index contributed by atoms with van der Waals surface area (Å²) in [6, 6.07) is 0. The third-order valence-electron chi connectivity index (χ3n) is 0.626. The zero-order valence-corrected chi connectivity index (χ0v) is 4.60. The van der Waals surface area contributed by atoms with Gasteiger partial charge in [-0.3, -0.25) is 0 Å². The first kappa shape index (κ1) is 4.51. The minimum atomic E-state index is 0.0586. The molecule has 0 aromatic carbocycles. The van der Waals surface area contributed by atoms with Crippen molar-refractivity contribution in [2.75, 3.05) is 6.35 Å². The van der Waals surface area contributed by atoms with Crippen molar-refractivity contribution in [3.8, 4) is 0 Å². The van der Waals surface area contributed by atoms with Crippen LogP contribution >= 0.6 is 8.81 Å². The highest BCUT2D eigenvalue weighted by Gasteiger charge is 2.07. The second-order valence-corrected chi connectivity index (χ2v) is 1.95. The predicted octanol–water partition coefficient (Wildman–Crippen LogP) is 0.930. The lowest BCUT2D eigenvalue weighted by molar-refractivity contribution is -0.000894. The third-order valence-corrected chi connectivity index (χ3v) is 1.41. The first-order valence-corrected chi connectivity index (χ1v) is 3.01. The van der Waals surface area contributed by atoms with Gasteiger partial charge in [-0.2, -0.15) is 0 Å². The standard InChI is InChI=1S/C3H7O2P/c1-3-4-2-6-5-3/h3,6H,2H2,1H3. The molecule has 0 saturated carbocycles. The van der Waals surface area contributed by atoms with E-state index < -0.39 is 0 Å². The van der Waals surface area contributed by atoms with Gasteiger partial charge in [0.25, 0.3) is 0 Å². The number of hydrogen-bond donors (Lipinski definition) is 0. The topological polar surface area (TPSA) is 18.5 Å². The van der Waals surface area contributed by atoms with Crippen LogP contribution in [0.4, 0.5) is 0 Å². The maximum absolute atomic E-state index is 4.96. The minimum absolute atomic E-state index is 0.0586. The van der Waals surface area contributed by atoms with Crippen LogP contribution in [0.3, 0.4) is 0 Å². The van der Waals surface area contributed by atoms with E-state index in [2.05, 4.69) is 0 Å². The normalized spacial score (nSPS) is 38.5. The second kappa shape index (κ2) is 1.87. The van der Waals surface area contributed by atoms with Crippen molar-refractivity contribution < 1.29 is 9.26 Å². The van der Waals surface area contributed by atoms with E-state index in [4.69, 9.17) is 9.26 Å². The highest BCUT2D eigenvalue weighted by atomic mass is 31.1. The molecule has 1 rings (SSSR count). The van der Waals surface area contributed by atoms with Gasteiger partial charge in [-0.25, -0.2) is 0 Å². The van der Waals surface area contributed by atoms with Gasteiger partial charge in [0.1, 0.15) is 0 Å². The minimum Gasteiger partial charge on any atom is -0.346 e. The molecule has 0 N–H and O–H groups in total. The Morgan fingerprint density at radius 2 is 2.67 bits per heavy atom. The summed E-state index contributed by atoms with van der Waals surface area (Å²) in [5, 5.41) is 0. The van der Waals surface area contributed by atoms with Crippen molar-refractivity contribution in [3.05, 3.63) is 0 Å². The van der Waals surface area contributed by atoms with Gasteiger partial charge >= 0.3 is 0 Å². The molecule has 2 unspecified atom stereocenters. The molecule has 6 heavy (non-hydrogen) atoms. The molecule has 0 bridgehead atoms. The molecule has 1 fully saturated rings. The van der Waals surface area contributed by atoms with E-state index in [1.165, 1.54) is 0 Å². The van der Waals surface area contributed by atoms with Gasteiger partial charge in [-0.05, 0) is 6.92 Å². The highest BCUT2D eigenvalue weighted by molar-refractivity contribution is 7.32. The van der Waals surface area contributed by atoms with Gasteiger partial charge < -0.3 is 9.26 Å². The van der Waals surface area contributed by atoms with Crippen molar-refractivity contribution in [2.24, 2.45) is 0 Å². The third kappa shape index (κ3) is 0.904. The van der Waals surface area contributed by atoms with Crippen molar-refractivity contribution in [2.45, 2.75) is 13.2 Å². The fourth-order valence-electron chi connectivity index (χ4n) is 0.337. The Kier molecular flexibility index (Phi) is 1.41. The molecule has 0 amide bonds. The zero-order valence-electron chi connectivity index (χ0n) is 3.60. The quantitative estimate of drug-likeness (QED) is 0.427. The van der Waals surface area contributed by atoms with Crippen LogP contribution in [-0.2, 0) is 9.26 Å². The summed E-state index contributed by atoms with van der Waals surface area (Å²) in [4.78, 5) is 0. The molecule has 0 aromatic rings. The van der Waals surface area contributed by atoms with Crippen LogP contribution in [0.5, 0.6) is 0 Å². The Labute approximate surface area is 38.7 Å². The van der Waals surface area contributed by atoms with Crippen LogP contribution in [0.1, 0.15) is 6.92 Å². The summed E-state index contributed by atoms with van der Waals surface area (Å²) in [6.07, 6.45) is 0.851. The molecule has 1 saturated heterocycles. The van der Waals surface area contributed by atoms with Crippen molar-refractivity contribution in [1.82, 2.24) is 0 Å². The highest BCUT2D eigenvalue weighted by Crippen LogP contribution is 2.23. The molecule has 1 aliphatic heterocycles. The predicted molar refractivity (Wildman–Crippen MR) is 24.8 cm³/mol. The maximum atomic E-state index is 4.96. The Hall–Kier alpha value is 0.350. The van der Waals surface area contributed by atoms with Crippen LogP contribution in [0.15, 0.2) is 0 Å². The lowest BCUT2D eigenvalue weighted by Crippen LogP contribution is -1.96. The van der Waals surface area contributed by atoms with Gasteiger partial charge in [0, 0.05) is 8.81 Å². The fraction of sp³-hybridized carbons (Fsp3) is 1.00. The number of rotatable bonds is 0. The molecule has 2 atom stereocenters. The Balaban J connectivity index is 2.18. The van der Waals surface area contributed by atoms with Crippen LogP contribution in [0.25, 0.3) is 0 Å². The number of ether oxygens (including phenoxy) is 1. The summed E-state index contributed by atoms with van der Waals surface area (Å²) in [5.41, 5.74) is 0. The van der Waals surface area contributed by atoms with Crippen LogP contribution < -0.4 is 0 Å². The first-order chi connectivity index (χ1) is 2.89. The number of hydrogen-bond acceptors (Lipinski definition) is 2. The van der Waals surface area contributed by atoms with Gasteiger partial charge in [0.15, 0.2) is 6.29 Å². The Bertz CT molecular complexity index is 42.1. The van der Waals surface area contributed by atoms with E-state index in [0.717, 1.165) is 6.35 Å². The van der Waals surface area contributed by atoms with E-state index >= 15 is 0 Å². The van der Waals surface area contributed by atoms with Crippen LogP contribution in [0.2, 0.25) is 0 Å². The molecule has 1 heterocycles. The maximum Gasteiger partial charge on any atom is 0.158 e. The Morgan fingerprint density at radius 1 is 1.83 bits per heavy atom. The molecule has 2 nitrogen and oxygen atoms in total. The smallest absolute Gasteiger partial charge is 0.158 e. The lowest BCUT2D eigenvalue weighted by Gasteiger charge is -1.94. The summed E-state index contributed by atoms with van der Waals surface area (Å²) < 4.78 is 9.90. The molecular formula is C3H7O2P. The average molecular weight is 106 g/mol. The monoisotopic (exact) mass is 106 g/mol.